The van der Waals surface area contributed by atoms with Gasteiger partial charge in [-0.1, -0.05) is 25.1 Å². The number of nitrogens with zero attached hydrogens (tertiary/aromatic N) is 1. The van der Waals surface area contributed by atoms with Gasteiger partial charge in [0.05, 0.1) is 0 Å². The molecule has 2 rings (SSSR count). The quantitative estimate of drug-likeness (QED) is 0.849. The predicted molar refractivity (Wildman–Crippen MR) is 74.5 cm³/mol. The summed E-state index contributed by atoms with van der Waals surface area (Å²) in [5, 5.41) is 0. The molecule has 1 aliphatic rings. The van der Waals surface area contributed by atoms with Crippen molar-refractivity contribution in [2.75, 3.05) is 11.4 Å². The number of piperidine rings is 1. The summed E-state index contributed by atoms with van der Waals surface area (Å²) in [4.78, 5) is 2.54. The maximum atomic E-state index is 6.09. The SMILES string of the molecule is CCc1ccccc1N1CCC(N)CC1(C)C. The lowest BCUT2D eigenvalue weighted by molar-refractivity contribution is 0.327. The van der Waals surface area contributed by atoms with Gasteiger partial charge in [0.25, 0.3) is 0 Å². The Morgan fingerprint density at radius 3 is 2.71 bits per heavy atom. The van der Waals surface area contributed by atoms with Crippen molar-refractivity contribution in [2.24, 2.45) is 5.73 Å². The average Bonchev–Trinajstić information content (AvgIpc) is 2.28. The molecule has 1 heterocycles. The third-order valence-corrected chi connectivity index (χ3v) is 3.88. The molecule has 1 fully saturated rings. The predicted octanol–water partition coefficient (Wildman–Crippen LogP) is 2.96. The maximum Gasteiger partial charge on any atom is 0.0403 e. The monoisotopic (exact) mass is 232 g/mol. The van der Waals surface area contributed by atoms with Crippen LogP contribution in [0.15, 0.2) is 24.3 Å². The number of rotatable bonds is 2. The third-order valence-electron chi connectivity index (χ3n) is 3.88. The summed E-state index contributed by atoms with van der Waals surface area (Å²) >= 11 is 0. The second-order valence-corrected chi connectivity index (χ2v) is 5.70. The summed E-state index contributed by atoms with van der Waals surface area (Å²) in [5.74, 6) is 0. The molecule has 1 saturated heterocycles. The molecule has 2 heteroatoms. The fourth-order valence-electron chi connectivity index (χ4n) is 2.97. The summed E-state index contributed by atoms with van der Waals surface area (Å²) in [5.41, 5.74) is 9.10. The van der Waals surface area contributed by atoms with Crippen LogP contribution in [0.3, 0.4) is 0 Å². The summed E-state index contributed by atoms with van der Waals surface area (Å²) in [6, 6.07) is 9.11. The van der Waals surface area contributed by atoms with E-state index in [2.05, 4.69) is 49.9 Å². The molecule has 0 amide bonds. The van der Waals surface area contributed by atoms with E-state index in [1.807, 2.05) is 0 Å². The second-order valence-electron chi connectivity index (χ2n) is 5.70. The fraction of sp³-hybridized carbons (Fsp3) is 0.600. The highest BCUT2D eigenvalue weighted by Crippen LogP contribution is 2.34. The van der Waals surface area contributed by atoms with Crippen LogP contribution in [0.25, 0.3) is 0 Å². The minimum absolute atomic E-state index is 0.170. The van der Waals surface area contributed by atoms with Gasteiger partial charge in [0.1, 0.15) is 0 Å². The van der Waals surface area contributed by atoms with Crippen LogP contribution in [0.1, 0.15) is 39.2 Å². The van der Waals surface area contributed by atoms with Gasteiger partial charge in [0.15, 0.2) is 0 Å². The van der Waals surface area contributed by atoms with Crippen molar-refractivity contribution < 1.29 is 0 Å². The van der Waals surface area contributed by atoms with E-state index in [4.69, 9.17) is 5.73 Å². The average molecular weight is 232 g/mol. The summed E-state index contributed by atoms with van der Waals surface area (Å²) in [6.45, 7) is 7.91. The molecule has 94 valence electrons. The maximum absolute atomic E-state index is 6.09. The summed E-state index contributed by atoms with van der Waals surface area (Å²) in [7, 11) is 0. The number of benzene rings is 1. The first kappa shape index (κ1) is 12.4. The molecule has 17 heavy (non-hydrogen) atoms. The molecule has 0 aromatic heterocycles. The first-order chi connectivity index (χ1) is 8.04. The lowest BCUT2D eigenvalue weighted by Gasteiger charge is -2.47. The van der Waals surface area contributed by atoms with E-state index in [-0.39, 0.29) is 5.54 Å². The van der Waals surface area contributed by atoms with Gasteiger partial charge in [-0.25, -0.2) is 0 Å². The minimum atomic E-state index is 0.170. The molecule has 0 saturated carbocycles. The number of aryl methyl sites for hydroxylation is 1. The van der Waals surface area contributed by atoms with Gasteiger partial charge < -0.3 is 10.6 Å². The van der Waals surface area contributed by atoms with Crippen LogP contribution < -0.4 is 10.6 Å². The van der Waals surface area contributed by atoms with Gasteiger partial charge >= 0.3 is 0 Å². The summed E-state index contributed by atoms with van der Waals surface area (Å²) < 4.78 is 0. The van der Waals surface area contributed by atoms with Crippen molar-refractivity contribution in [1.29, 1.82) is 0 Å². The van der Waals surface area contributed by atoms with E-state index in [1.165, 1.54) is 11.3 Å². The van der Waals surface area contributed by atoms with Crippen molar-refractivity contribution in [1.82, 2.24) is 0 Å². The second kappa shape index (κ2) is 4.69. The Morgan fingerprint density at radius 2 is 2.06 bits per heavy atom. The van der Waals surface area contributed by atoms with Crippen LogP contribution in [0.4, 0.5) is 5.69 Å². The van der Waals surface area contributed by atoms with E-state index in [9.17, 15) is 0 Å². The molecule has 1 aromatic carbocycles. The molecule has 0 bridgehead atoms. The van der Waals surface area contributed by atoms with Crippen LogP contribution >= 0.6 is 0 Å². The number of hydrogen-bond acceptors (Lipinski definition) is 2. The van der Waals surface area contributed by atoms with Crippen molar-refractivity contribution in [2.45, 2.75) is 51.6 Å². The largest absolute Gasteiger partial charge is 0.366 e. The molecule has 2 nitrogen and oxygen atoms in total. The number of para-hydroxylation sites is 1. The lowest BCUT2D eigenvalue weighted by atomic mass is 9.86. The van der Waals surface area contributed by atoms with E-state index < -0.39 is 0 Å². The van der Waals surface area contributed by atoms with E-state index in [0.29, 0.717) is 6.04 Å². The van der Waals surface area contributed by atoms with Crippen LogP contribution in [-0.4, -0.2) is 18.1 Å². The van der Waals surface area contributed by atoms with Gasteiger partial charge in [-0.05, 0) is 44.7 Å². The Hall–Kier alpha value is -1.02. The van der Waals surface area contributed by atoms with Gasteiger partial charge in [-0.15, -0.1) is 0 Å². The van der Waals surface area contributed by atoms with E-state index in [0.717, 1.165) is 25.8 Å². The Labute approximate surface area is 105 Å². The number of nitrogens with two attached hydrogens (primary N) is 1. The Balaban J connectivity index is 2.32. The molecule has 2 N–H and O–H groups in total. The lowest BCUT2D eigenvalue weighted by Crippen LogP contribution is -2.54. The molecule has 1 atom stereocenters. The molecule has 1 aromatic rings. The van der Waals surface area contributed by atoms with Crippen LogP contribution in [0.2, 0.25) is 0 Å². The molecule has 0 radical (unpaired) electrons. The number of hydrogen-bond donors (Lipinski definition) is 1. The highest BCUT2D eigenvalue weighted by Gasteiger charge is 2.33. The Morgan fingerprint density at radius 1 is 1.35 bits per heavy atom. The third kappa shape index (κ3) is 2.47. The van der Waals surface area contributed by atoms with Crippen LogP contribution in [0.5, 0.6) is 0 Å². The van der Waals surface area contributed by atoms with Gasteiger partial charge in [0.2, 0.25) is 0 Å². The smallest absolute Gasteiger partial charge is 0.0403 e. The van der Waals surface area contributed by atoms with Gasteiger partial charge in [-0.3, -0.25) is 0 Å². The highest BCUT2D eigenvalue weighted by atomic mass is 15.2. The molecule has 0 aliphatic carbocycles. The van der Waals surface area contributed by atoms with Crippen molar-refractivity contribution in [3.05, 3.63) is 29.8 Å². The first-order valence-electron chi connectivity index (χ1n) is 6.65. The van der Waals surface area contributed by atoms with Crippen molar-refractivity contribution in [3.63, 3.8) is 0 Å². The zero-order chi connectivity index (χ0) is 12.5. The topological polar surface area (TPSA) is 29.3 Å². The van der Waals surface area contributed by atoms with E-state index >= 15 is 0 Å². The zero-order valence-corrected chi connectivity index (χ0v) is 11.2. The highest BCUT2D eigenvalue weighted by molar-refractivity contribution is 5.56. The van der Waals surface area contributed by atoms with Crippen LogP contribution in [-0.2, 0) is 6.42 Å². The minimum Gasteiger partial charge on any atom is -0.366 e. The normalized spacial score (nSPS) is 23.8. The van der Waals surface area contributed by atoms with E-state index in [1.54, 1.807) is 0 Å². The molecule has 1 unspecified atom stereocenters. The standard InChI is InChI=1S/C15H24N2/c1-4-12-7-5-6-8-14(12)17-10-9-13(16)11-15(17,2)3/h5-8,13H,4,9-11,16H2,1-3H3. The molecular formula is C15H24N2. The Bertz CT molecular complexity index is 384. The van der Waals surface area contributed by atoms with Crippen molar-refractivity contribution in [3.8, 4) is 0 Å². The molecule has 0 spiro atoms. The van der Waals surface area contributed by atoms with Gasteiger partial charge in [0, 0.05) is 23.8 Å². The molecular weight excluding hydrogens is 208 g/mol. The summed E-state index contributed by atoms with van der Waals surface area (Å²) in [6.07, 6.45) is 3.27. The van der Waals surface area contributed by atoms with Crippen molar-refractivity contribution >= 4 is 5.69 Å². The Kier molecular flexibility index (Phi) is 3.43. The number of anilines is 1. The fourth-order valence-corrected chi connectivity index (χ4v) is 2.97. The van der Waals surface area contributed by atoms with Gasteiger partial charge in [-0.2, -0.15) is 0 Å². The zero-order valence-electron chi connectivity index (χ0n) is 11.2. The van der Waals surface area contributed by atoms with Crippen LogP contribution in [0, 0.1) is 0 Å². The molecule has 1 aliphatic heterocycles. The first-order valence-corrected chi connectivity index (χ1v) is 6.65.